The van der Waals surface area contributed by atoms with E-state index in [9.17, 15) is 29.1 Å². The van der Waals surface area contributed by atoms with Gasteiger partial charge in [0.2, 0.25) is 17.8 Å². The number of hydrogen-bond donors (Lipinski definition) is 7. The monoisotopic (exact) mass is 906 g/mol. The fraction of sp³-hybridized carbons (Fsp3) is 0.415. The van der Waals surface area contributed by atoms with Crippen LogP contribution in [0.5, 0.6) is 0 Å². The molecule has 3 heterocycles. The Labute approximate surface area is 370 Å². The first-order valence-corrected chi connectivity index (χ1v) is 23.4. The van der Waals surface area contributed by atoms with Crippen molar-refractivity contribution in [2.45, 2.75) is 57.0 Å². The van der Waals surface area contributed by atoms with Gasteiger partial charge in [-0.3, -0.25) is 34.9 Å². The number of carbonyl (C=O) groups is 5. The Hall–Kier alpha value is -5.48. The van der Waals surface area contributed by atoms with Gasteiger partial charge in [-0.1, -0.05) is 76.1 Å². The molecule has 0 spiro atoms. The molecule has 3 aromatic rings. The third-order valence-electron chi connectivity index (χ3n) is 9.01. The van der Waals surface area contributed by atoms with Gasteiger partial charge >= 0.3 is 5.97 Å². The fourth-order valence-electron chi connectivity index (χ4n) is 5.79. The van der Waals surface area contributed by atoms with E-state index in [0.29, 0.717) is 42.8 Å². The van der Waals surface area contributed by atoms with Crippen molar-refractivity contribution >= 4 is 97.1 Å². The molecule has 0 fully saturated rings. The number of unbranched alkanes of at least 4 members (excludes halogenated alkanes) is 3. The number of carbonyl (C=O) groups excluding carboxylic acids is 4. The second-order valence-electron chi connectivity index (χ2n) is 13.7. The third-order valence-corrected chi connectivity index (χ3v) is 12.4. The lowest BCUT2D eigenvalue weighted by atomic mass is 10.1. The first-order valence-electron chi connectivity index (χ1n) is 20.1. The summed E-state index contributed by atoms with van der Waals surface area (Å²) in [6.45, 7) is 2.17. The van der Waals surface area contributed by atoms with Crippen molar-refractivity contribution in [3.63, 3.8) is 0 Å². The van der Waals surface area contributed by atoms with Crippen LogP contribution in [0.1, 0.15) is 55.3 Å². The molecule has 62 heavy (non-hydrogen) atoms. The van der Waals surface area contributed by atoms with Gasteiger partial charge in [0.1, 0.15) is 6.04 Å². The number of nitrogens with zero attached hydrogens (tertiary/aromatic N) is 4. The molecule has 0 saturated heterocycles. The maximum atomic E-state index is 12.8. The minimum atomic E-state index is -1.27. The predicted molar refractivity (Wildman–Crippen MR) is 245 cm³/mol. The molecule has 21 heteroatoms. The van der Waals surface area contributed by atoms with Gasteiger partial charge in [0.05, 0.1) is 49.8 Å². The summed E-state index contributed by atoms with van der Waals surface area (Å²) in [4.78, 5) is 79.0. The Bertz CT molecular complexity index is 2080. The Balaban J connectivity index is 0.807. The number of thiazole rings is 1. The molecule has 2 aromatic carbocycles. The maximum absolute atomic E-state index is 12.8. The quantitative estimate of drug-likeness (QED) is 0.0388. The van der Waals surface area contributed by atoms with Crippen LogP contribution in [0.25, 0.3) is 10.4 Å². The van der Waals surface area contributed by atoms with Crippen molar-refractivity contribution in [3.05, 3.63) is 66.4 Å². The van der Waals surface area contributed by atoms with E-state index in [2.05, 4.69) is 46.5 Å². The molecule has 1 unspecified atom stereocenters. The number of amidine groups is 1. The molecule has 0 radical (unpaired) electrons. The van der Waals surface area contributed by atoms with Crippen molar-refractivity contribution in [2.24, 2.45) is 15.0 Å². The standard InChI is InChI=1S/C41H50N10O8S3/c42-40-50-36-35(38(55)51-40)47-30(25-45-36)24-44-29-13-11-28(12-14-29)37(54)48-31(39(56)57)15-16-33(52)43-17-18-58-19-20-59-21-23-61-60-22-7-2-1-6-10-34(53)49-41-46-26-32(62-41)27-8-4-3-5-9-27/h3-5,8-9,11-14,25-26,31,35,44H,1-2,6-7,10,15-24H2,(H,43,52)(H,48,54)(H,56,57)(H2,42,51,55)(H,46,49,53)/t31-,35?/m0/s1. The number of benzene rings is 2. The Morgan fingerprint density at radius 2 is 1.66 bits per heavy atom. The number of guanidine groups is 1. The molecule has 2 atom stereocenters. The molecule has 0 aliphatic carbocycles. The van der Waals surface area contributed by atoms with Crippen molar-refractivity contribution in [2.75, 3.05) is 61.7 Å². The lowest BCUT2D eigenvalue weighted by Gasteiger charge is -2.21. The number of ether oxygens (including phenoxy) is 2. The summed E-state index contributed by atoms with van der Waals surface area (Å²) >= 11 is 1.48. The van der Waals surface area contributed by atoms with Crippen LogP contribution in [0, 0.1) is 5.41 Å². The highest BCUT2D eigenvalue weighted by Gasteiger charge is 2.31. The zero-order valence-corrected chi connectivity index (χ0v) is 36.4. The van der Waals surface area contributed by atoms with Crippen molar-refractivity contribution in [1.29, 1.82) is 5.41 Å². The minimum absolute atomic E-state index is 0.000523. The maximum Gasteiger partial charge on any atom is 0.326 e. The van der Waals surface area contributed by atoms with Crippen LogP contribution in [-0.2, 0) is 28.7 Å². The summed E-state index contributed by atoms with van der Waals surface area (Å²) in [5, 5.41) is 31.3. The fourth-order valence-corrected chi connectivity index (χ4v) is 8.64. The Morgan fingerprint density at radius 3 is 2.45 bits per heavy atom. The van der Waals surface area contributed by atoms with E-state index in [1.165, 1.54) is 29.7 Å². The molecule has 0 bridgehead atoms. The van der Waals surface area contributed by atoms with Gasteiger partial charge in [0.15, 0.2) is 17.0 Å². The van der Waals surface area contributed by atoms with Gasteiger partial charge in [-0.15, -0.1) is 0 Å². The van der Waals surface area contributed by atoms with Crippen molar-refractivity contribution in [3.8, 4) is 10.4 Å². The summed E-state index contributed by atoms with van der Waals surface area (Å²) in [6.07, 6.45) is 7.58. The number of anilines is 2. The van der Waals surface area contributed by atoms with Crippen molar-refractivity contribution < 1.29 is 38.6 Å². The number of aromatic nitrogens is 1. The topological polar surface area (TPSA) is 258 Å². The van der Waals surface area contributed by atoms with Gasteiger partial charge < -0.3 is 35.8 Å². The average molecular weight is 907 g/mol. The van der Waals surface area contributed by atoms with E-state index in [4.69, 9.17) is 14.9 Å². The van der Waals surface area contributed by atoms with Gasteiger partial charge in [-0.2, -0.15) is 4.99 Å². The average Bonchev–Trinajstić information content (AvgIpc) is 3.74. The molecule has 7 N–H and O–H groups in total. The third kappa shape index (κ3) is 16.8. The normalized spacial score (nSPS) is 14.8. The van der Waals surface area contributed by atoms with Gasteiger partial charge in [0, 0.05) is 48.3 Å². The van der Waals surface area contributed by atoms with E-state index >= 15 is 0 Å². The number of hydrogen-bond acceptors (Lipinski definition) is 15. The second-order valence-corrected chi connectivity index (χ2v) is 17.5. The number of nitrogens with one attached hydrogen (secondary N) is 6. The molecule has 2 aliphatic rings. The van der Waals surface area contributed by atoms with Crippen LogP contribution in [0.15, 0.2) is 75.8 Å². The summed E-state index contributed by atoms with van der Waals surface area (Å²) in [5.74, 6) is -0.927. The second kappa shape index (κ2) is 26.1. The zero-order chi connectivity index (χ0) is 43.9. The molecular weight excluding hydrogens is 857 g/mol. The number of fused-ring (bicyclic) bond motifs is 1. The van der Waals surface area contributed by atoms with E-state index in [-0.39, 0.29) is 61.7 Å². The number of rotatable bonds is 28. The summed E-state index contributed by atoms with van der Waals surface area (Å²) in [5.41, 5.74) is 2.45. The Kier molecular flexibility index (Phi) is 20.0. The summed E-state index contributed by atoms with van der Waals surface area (Å²) in [7, 11) is 3.58. The summed E-state index contributed by atoms with van der Waals surface area (Å²) < 4.78 is 11.1. The van der Waals surface area contributed by atoms with E-state index in [0.717, 1.165) is 47.6 Å². The first-order chi connectivity index (χ1) is 30.1. The highest BCUT2D eigenvalue weighted by Crippen LogP contribution is 2.29. The van der Waals surface area contributed by atoms with E-state index in [1.807, 2.05) is 41.1 Å². The smallest absolute Gasteiger partial charge is 0.326 e. The van der Waals surface area contributed by atoms with E-state index < -0.39 is 29.9 Å². The predicted octanol–water partition coefficient (Wildman–Crippen LogP) is 4.66. The first kappa shape index (κ1) is 47.6. The van der Waals surface area contributed by atoms with Gasteiger partial charge in [-0.25, -0.2) is 14.8 Å². The molecule has 5 rings (SSSR count). The van der Waals surface area contributed by atoms with Crippen LogP contribution in [0.4, 0.5) is 10.8 Å². The van der Waals surface area contributed by atoms with Crippen LogP contribution < -0.4 is 26.6 Å². The lowest BCUT2D eigenvalue weighted by Crippen LogP contribution is -2.47. The van der Waals surface area contributed by atoms with E-state index in [1.54, 1.807) is 29.1 Å². The lowest BCUT2D eigenvalue weighted by molar-refractivity contribution is -0.139. The highest BCUT2D eigenvalue weighted by molar-refractivity contribution is 8.76. The molecular formula is C41H50N10O8S3. The van der Waals surface area contributed by atoms with Gasteiger partial charge in [-0.05, 0) is 49.1 Å². The number of aliphatic imine (C=N–C) groups is 3. The number of carboxylic acids is 1. The minimum Gasteiger partial charge on any atom is -0.480 e. The van der Waals surface area contributed by atoms with Gasteiger partial charge in [0.25, 0.3) is 11.8 Å². The zero-order valence-electron chi connectivity index (χ0n) is 33.9. The largest absolute Gasteiger partial charge is 0.480 e. The molecule has 2 aliphatic heterocycles. The molecule has 1 aromatic heterocycles. The van der Waals surface area contributed by atoms with Crippen LogP contribution in [-0.4, -0.2) is 127 Å². The van der Waals surface area contributed by atoms with Crippen LogP contribution in [0.2, 0.25) is 0 Å². The highest BCUT2D eigenvalue weighted by atomic mass is 33.1. The molecule has 4 amide bonds. The number of amides is 4. The molecule has 330 valence electrons. The summed E-state index contributed by atoms with van der Waals surface area (Å²) in [6, 6.07) is 14.1. The van der Waals surface area contributed by atoms with Crippen LogP contribution in [0.3, 0.4) is 0 Å². The number of aliphatic carboxylic acids is 1. The molecule has 0 saturated carbocycles. The SMILES string of the molecule is N=C1N=C2N=CC(CNc3ccc(C(=O)N[C@@H](CCC(=O)NCCOCCOCCSSCCCCCCC(=O)Nc4ncc(-c5ccccc5)s4)C(=O)O)cc3)=NC2C(=O)N1. The number of carboxylic acid groups (broad SMARTS) is 1. The Morgan fingerprint density at radius 1 is 0.903 bits per heavy atom. The van der Waals surface area contributed by atoms with Crippen molar-refractivity contribution in [1.82, 2.24) is 20.9 Å². The van der Waals surface area contributed by atoms with Crippen LogP contribution >= 0.6 is 32.9 Å². The molecule has 18 nitrogen and oxygen atoms in total.